The van der Waals surface area contributed by atoms with Gasteiger partial charge in [0.25, 0.3) is 0 Å². The highest BCUT2D eigenvalue weighted by molar-refractivity contribution is 5.01. The van der Waals surface area contributed by atoms with Gasteiger partial charge in [0.05, 0.1) is 12.3 Å². The molecular weight excluding hydrogens is 190 g/mol. The summed E-state index contributed by atoms with van der Waals surface area (Å²) >= 11 is 0. The molecule has 15 heavy (non-hydrogen) atoms. The van der Waals surface area contributed by atoms with Gasteiger partial charge >= 0.3 is 0 Å². The highest BCUT2D eigenvalue weighted by atomic mass is 16.5. The van der Waals surface area contributed by atoms with Crippen molar-refractivity contribution in [2.24, 2.45) is 0 Å². The van der Waals surface area contributed by atoms with Gasteiger partial charge in [0.1, 0.15) is 5.82 Å². The Kier molecular flexibility index (Phi) is 4.17. The first-order chi connectivity index (χ1) is 7.03. The van der Waals surface area contributed by atoms with E-state index in [0.717, 1.165) is 18.1 Å². The number of methoxy groups -OCH3 is 1. The van der Waals surface area contributed by atoms with Crippen molar-refractivity contribution in [2.75, 3.05) is 13.7 Å². The van der Waals surface area contributed by atoms with Crippen LogP contribution in [0.3, 0.4) is 0 Å². The maximum atomic E-state index is 5.12. The molecule has 0 amide bonds. The van der Waals surface area contributed by atoms with E-state index >= 15 is 0 Å². The number of rotatable bonds is 5. The molecule has 1 aromatic heterocycles. The molecule has 0 saturated heterocycles. The second-order valence-corrected chi connectivity index (χ2v) is 4.27. The molecule has 0 saturated carbocycles. The van der Waals surface area contributed by atoms with Crippen molar-refractivity contribution in [3.05, 3.63) is 23.8 Å². The maximum Gasteiger partial charge on any atom is 0.125 e. The van der Waals surface area contributed by atoms with Gasteiger partial charge in [0.15, 0.2) is 0 Å². The van der Waals surface area contributed by atoms with Gasteiger partial charge in [0, 0.05) is 25.4 Å². The normalized spacial score (nSPS) is 11.7. The predicted molar refractivity (Wildman–Crippen MR) is 59.6 cm³/mol. The lowest BCUT2D eigenvalue weighted by molar-refractivity contribution is 0.127. The van der Waals surface area contributed by atoms with Crippen molar-refractivity contribution in [3.8, 4) is 0 Å². The summed E-state index contributed by atoms with van der Waals surface area (Å²) in [4.78, 5) is 8.38. The fourth-order valence-corrected chi connectivity index (χ4v) is 1.35. The van der Waals surface area contributed by atoms with E-state index in [1.807, 2.05) is 13.0 Å². The summed E-state index contributed by atoms with van der Waals surface area (Å²) in [5.41, 5.74) is 0.972. The summed E-state index contributed by atoms with van der Waals surface area (Å²) in [5, 5.41) is 3.39. The van der Waals surface area contributed by atoms with Gasteiger partial charge in [-0.25, -0.2) is 9.97 Å². The summed E-state index contributed by atoms with van der Waals surface area (Å²) in [5.74, 6) is 0.804. The van der Waals surface area contributed by atoms with Crippen molar-refractivity contribution in [1.29, 1.82) is 0 Å². The molecule has 0 aliphatic heterocycles. The van der Waals surface area contributed by atoms with E-state index in [1.165, 1.54) is 0 Å². The van der Waals surface area contributed by atoms with Crippen molar-refractivity contribution in [1.82, 2.24) is 15.3 Å². The van der Waals surface area contributed by atoms with E-state index in [0.29, 0.717) is 6.61 Å². The third-order valence-corrected chi connectivity index (χ3v) is 2.09. The molecule has 84 valence electrons. The fourth-order valence-electron chi connectivity index (χ4n) is 1.35. The van der Waals surface area contributed by atoms with Crippen molar-refractivity contribution < 1.29 is 4.74 Å². The monoisotopic (exact) mass is 209 g/mol. The van der Waals surface area contributed by atoms with Gasteiger partial charge in [0.2, 0.25) is 0 Å². The summed E-state index contributed by atoms with van der Waals surface area (Å²) in [6.07, 6.45) is 1.78. The summed E-state index contributed by atoms with van der Waals surface area (Å²) < 4.78 is 5.12. The van der Waals surface area contributed by atoms with Crippen LogP contribution in [0, 0.1) is 6.92 Å². The van der Waals surface area contributed by atoms with Gasteiger partial charge in [-0.05, 0) is 26.8 Å². The van der Waals surface area contributed by atoms with Crippen LogP contribution in [-0.4, -0.2) is 29.2 Å². The Morgan fingerprint density at radius 2 is 2.20 bits per heavy atom. The number of hydrogen-bond donors (Lipinski definition) is 1. The zero-order chi connectivity index (χ0) is 11.3. The third-order valence-electron chi connectivity index (χ3n) is 2.09. The van der Waals surface area contributed by atoms with Crippen LogP contribution in [-0.2, 0) is 11.3 Å². The molecule has 0 aliphatic rings. The maximum absolute atomic E-state index is 5.12. The minimum Gasteiger partial charge on any atom is -0.383 e. The number of aromatic nitrogens is 2. The molecule has 4 nitrogen and oxygen atoms in total. The number of hydrogen-bond acceptors (Lipinski definition) is 4. The molecule has 0 aliphatic carbocycles. The predicted octanol–water partition coefficient (Wildman–Crippen LogP) is 1.30. The first kappa shape index (κ1) is 12.1. The molecule has 4 heteroatoms. The Labute approximate surface area is 91.1 Å². The fraction of sp³-hybridized carbons (Fsp3) is 0.636. The zero-order valence-corrected chi connectivity index (χ0v) is 9.87. The lowest BCUT2D eigenvalue weighted by Gasteiger charge is -2.25. The first-order valence-corrected chi connectivity index (χ1v) is 5.06. The minimum atomic E-state index is -0.0341. The van der Waals surface area contributed by atoms with E-state index in [1.54, 1.807) is 13.3 Å². The van der Waals surface area contributed by atoms with E-state index in [-0.39, 0.29) is 5.54 Å². The Hall–Kier alpha value is -1.00. The summed E-state index contributed by atoms with van der Waals surface area (Å²) in [6, 6.07) is 1.92. The minimum absolute atomic E-state index is 0.0341. The number of nitrogens with one attached hydrogen (secondary N) is 1. The van der Waals surface area contributed by atoms with Crippen LogP contribution in [0.15, 0.2) is 12.3 Å². The van der Waals surface area contributed by atoms with Crippen molar-refractivity contribution in [2.45, 2.75) is 32.9 Å². The van der Waals surface area contributed by atoms with Crippen LogP contribution < -0.4 is 5.32 Å². The van der Waals surface area contributed by atoms with E-state index < -0.39 is 0 Å². The molecule has 1 N–H and O–H groups in total. The molecule has 0 unspecified atom stereocenters. The quantitative estimate of drug-likeness (QED) is 0.794. The van der Waals surface area contributed by atoms with E-state index in [2.05, 4.69) is 29.1 Å². The molecule has 1 aromatic rings. The molecule has 0 bridgehead atoms. The van der Waals surface area contributed by atoms with Gasteiger partial charge in [-0.3, -0.25) is 0 Å². The average molecular weight is 209 g/mol. The smallest absolute Gasteiger partial charge is 0.125 e. The first-order valence-electron chi connectivity index (χ1n) is 5.06. The molecule has 0 fully saturated rings. The second-order valence-electron chi connectivity index (χ2n) is 4.27. The second kappa shape index (κ2) is 5.19. The topological polar surface area (TPSA) is 47.0 Å². The highest BCUT2D eigenvalue weighted by Crippen LogP contribution is 2.04. The van der Waals surface area contributed by atoms with Crippen LogP contribution in [0.1, 0.15) is 25.4 Å². The van der Waals surface area contributed by atoms with Crippen LogP contribution in [0.25, 0.3) is 0 Å². The van der Waals surface area contributed by atoms with Crippen molar-refractivity contribution in [3.63, 3.8) is 0 Å². The molecule has 0 spiro atoms. The van der Waals surface area contributed by atoms with Crippen LogP contribution in [0.2, 0.25) is 0 Å². The van der Waals surface area contributed by atoms with Crippen LogP contribution in [0.4, 0.5) is 0 Å². The number of nitrogens with zero attached hydrogens (tertiary/aromatic N) is 2. The Morgan fingerprint density at radius 3 is 2.80 bits per heavy atom. The van der Waals surface area contributed by atoms with E-state index in [9.17, 15) is 0 Å². The average Bonchev–Trinajstić information content (AvgIpc) is 2.15. The van der Waals surface area contributed by atoms with E-state index in [4.69, 9.17) is 4.74 Å². The van der Waals surface area contributed by atoms with Crippen LogP contribution >= 0.6 is 0 Å². The number of ether oxygens (including phenoxy) is 1. The molecule has 0 radical (unpaired) electrons. The van der Waals surface area contributed by atoms with Crippen LogP contribution in [0.5, 0.6) is 0 Å². The molecule has 1 heterocycles. The Balaban J connectivity index is 2.49. The summed E-state index contributed by atoms with van der Waals surface area (Å²) in [7, 11) is 1.71. The summed E-state index contributed by atoms with van der Waals surface area (Å²) in [6.45, 7) is 7.51. The molecular formula is C11H19N3O. The van der Waals surface area contributed by atoms with Gasteiger partial charge in [-0.2, -0.15) is 0 Å². The lowest BCUT2D eigenvalue weighted by Crippen LogP contribution is -2.42. The van der Waals surface area contributed by atoms with Gasteiger partial charge < -0.3 is 10.1 Å². The highest BCUT2D eigenvalue weighted by Gasteiger charge is 2.16. The largest absolute Gasteiger partial charge is 0.383 e. The molecule has 0 atom stereocenters. The van der Waals surface area contributed by atoms with Gasteiger partial charge in [-0.1, -0.05) is 0 Å². The standard InChI is InChI=1S/C11H19N3O/c1-9-12-6-5-10(14-9)7-13-11(2,3)8-15-4/h5-6,13H,7-8H2,1-4H3. The third kappa shape index (κ3) is 4.36. The molecule has 0 aromatic carbocycles. The Morgan fingerprint density at radius 1 is 1.47 bits per heavy atom. The SMILES string of the molecule is COCC(C)(C)NCc1ccnc(C)n1. The number of aryl methyl sites for hydroxylation is 1. The molecule has 1 rings (SSSR count). The zero-order valence-electron chi connectivity index (χ0n) is 9.87. The Bertz CT molecular complexity index is 312. The lowest BCUT2D eigenvalue weighted by atomic mass is 10.1. The van der Waals surface area contributed by atoms with Crippen molar-refractivity contribution >= 4 is 0 Å². The van der Waals surface area contributed by atoms with Gasteiger partial charge in [-0.15, -0.1) is 0 Å².